The summed E-state index contributed by atoms with van der Waals surface area (Å²) in [5, 5.41) is 21.9. The molecule has 0 atom stereocenters. The molecule has 2 N–H and O–H groups in total. The number of phenolic OH excluding ortho intramolecular Hbond substituents is 1. The van der Waals surface area contributed by atoms with Crippen LogP contribution in [0.15, 0.2) is 36.4 Å². The highest BCUT2D eigenvalue weighted by atomic mass is 16.3. The third kappa shape index (κ3) is 2.57. The zero-order valence-corrected chi connectivity index (χ0v) is 10.9. The van der Waals surface area contributed by atoms with Gasteiger partial charge in [0.05, 0.1) is 6.10 Å². The third-order valence-corrected chi connectivity index (χ3v) is 3.95. The molecule has 1 fully saturated rings. The van der Waals surface area contributed by atoms with Crippen LogP contribution in [0.1, 0.15) is 18.4 Å². The van der Waals surface area contributed by atoms with E-state index in [4.69, 9.17) is 0 Å². The van der Waals surface area contributed by atoms with Gasteiger partial charge in [0.25, 0.3) is 0 Å². The summed E-state index contributed by atoms with van der Waals surface area (Å²) < 4.78 is 0. The molecule has 1 heterocycles. The van der Waals surface area contributed by atoms with Crippen LogP contribution < -0.4 is 0 Å². The largest absolute Gasteiger partial charge is 0.508 e. The number of nitrogens with zero attached hydrogens (tertiary/aromatic N) is 1. The van der Waals surface area contributed by atoms with E-state index in [2.05, 4.69) is 17.0 Å². The fourth-order valence-corrected chi connectivity index (χ4v) is 2.79. The second-order valence-corrected chi connectivity index (χ2v) is 5.29. The van der Waals surface area contributed by atoms with Crippen molar-refractivity contribution in [3.63, 3.8) is 0 Å². The first-order valence-corrected chi connectivity index (χ1v) is 6.84. The Morgan fingerprint density at radius 3 is 2.58 bits per heavy atom. The standard InChI is InChI=1S/C16H19NO2/c18-13-7-9-17(10-8-13)11-15-14-4-2-1-3-12(14)5-6-16(15)19/h1-6,13,18-19H,7-11H2. The van der Waals surface area contributed by atoms with E-state index in [-0.39, 0.29) is 6.10 Å². The number of rotatable bonds is 2. The maximum Gasteiger partial charge on any atom is 0.120 e. The Morgan fingerprint density at radius 2 is 1.79 bits per heavy atom. The van der Waals surface area contributed by atoms with Crippen molar-refractivity contribution in [2.75, 3.05) is 13.1 Å². The van der Waals surface area contributed by atoms with Crippen LogP contribution in [0.2, 0.25) is 0 Å². The maximum atomic E-state index is 10.1. The molecule has 3 heteroatoms. The lowest BCUT2D eigenvalue weighted by Gasteiger charge is -2.30. The van der Waals surface area contributed by atoms with Crippen LogP contribution in [0, 0.1) is 0 Å². The number of benzene rings is 2. The predicted octanol–water partition coefficient (Wildman–Crippen LogP) is 2.50. The number of aliphatic hydroxyl groups is 1. The summed E-state index contributed by atoms with van der Waals surface area (Å²) in [6.45, 7) is 2.54. The van der Waals surface area contributed by atoms with Crippen molar-refractivity contribution in [1.29, 1.82) is 0 Å². The fraction of sp³-hybridized carbons (Fsp3) is 0.375. The van der Waals surface area contributed by atoms with Gasteiger partial charge in [-0.15, -0.1) is 0 Å². The molecule has 0 spiro atoms. The Balaban J connectivity index is 1.89. The van der Waals surface area contributed by atoms with Crippen LogP contribution in [0.5, 0.6) is 5.75 Å². The summed E-state index contributed by atoms with van der Waals surface area (Å²) in [6.07, 6.45) is 1.49. The summed E-state index contributed by atoms with van der Waals surface area (Å²) in [6, 6.07) is 11.9. The van der Waals surface area contributed by atoms with Gasteiger partial charge in [-0.25, -0.2) is 0 Å². The van der Waals surface area contributed by atoms with Gasteiger partial charge in [0, 0.05) is 25.2 Å². The maximum absolute atomic E-state index is 10.1. The zero-order valence-electron chi connectivity index (χ0n) is 10.9. The molecule has 0 unspecified atom stereocenters. The third-order valence-electron chi connectivity index (χ3n) is 3.95. The fourth-order valence-electron chi connectivity index (χ4n) is 2.79. The lowest BCUT2D eigenvalue weighted by atomic mass is 10.0. The van der Waals surface area contributed by atoms with Crippen LogP contribution in [-0.2, 0) is 6.54 Å². The van der Waals surface area contributed by atoms with Crippen molar-refractivity contribution in [2.24, 2.45) is 0 Å². The van der Waals surface area contributed by atoms with Gasteiger partial charge in [0.2, 0.25) is 0 Å². The number of phenols is 1. The highest BCUT2D eigenvalue weighted by Crippen LogP contribution is 2.29. The number of hydrogen-bond acceptors (Lipinski definition) is 3. The minimum atomic E-state index is -0.155. The molecular weight excluding hydrogens is 238 g/mol. The van der Waals surface area contributed by atoms with E-state index in [1.54, 1.807) is 6.07 Å². The van der Waals surface area contributed by atoms with Crippen molar-refractivity contribution in [3.05, 3.63) is 42.0 Å². The molecule has 0 amide bonds. The van der Waals surface area contributed by atoms with Gasteiger partial charge in [0.15, 0.2) is 0 Å². The molecule has 100 valence electrons. The summed E-state index contributed by atoms with van der Waals surface area (Å²) in [4.78, 5) is 2.30. The first-order chi connectivity index (χ1) is 9.24. The van der Waals surface area contributed by atoms with E-state index in [1.165, 1.54) is 0 Å². The van der Waals surface area contributed by atoms with E-state index in [0.717, 1.165) is 48.8 Å². The summed E-state index contributed by atoms with van der Waals surface area (Å²) >= 11 is 0. The van der Waals surface area contributed by atoms with E-state index in [0.29, 0.717) is 5.75 Å². The lowest BCUT2D eigenvalue weighted by molar-refractivity contribution is 0.0791. The van der Waals surface area contributed by atoms with E-state index < -0.39 is 0 Å². The molecule has 3 rings (SSSR count). The number of hydrogen-bond donors (Lipinski definition) is 2. The van der Waals surface area contributed by atoms with Crippen LogP contribution in [0.3, 0.4) is 0 Å². The highest BCUT2D eigenvalue weighted by molar-refractivity contribution is 5.87. The monoisotopic (exact) mass is 257 g/mol. The first kappa shape index (κ1) is 12.5. The van der Waals surface area contributed by atoms with Crippen molar-refractivity contribution in [3.8, 4) is 5.75 Å². The molecule has 19 heavy (non-hydrogen) atoms. The van der Waals surface area contributed by atoms with Gasteiger partial charge in [-0.2, -0.15) is 0 Å². The zero-order chi connectivity index (χ0) is 13.2. The number of likely N-dealkylation sites (tertiary alicyclic amines) is 1. The SMILES string of the molecule is Oc1ccc2ccccc2c1CN1CCC(O)CC1. The van der Waals surface area contributed by atoms with Crippen LogP contribution in [0.4, 0.5) is 0 Å². The predicted molar refractivity (Wildman–Crippen MR) is 76.1 cm³/mol. The van der Waals surface area contributed by atoms with Gasteiger partial charge in [-0.1, -0.05) is 30.3 Å². The van der Waals surface area contributed by atoms with Gasteiger partial charge < -0.3 is 10.2 Å². The smallest absolute Gasteiger partial charge is 0.120 e. The summed E-state index contributed by atoms with van der Waals surface area (Å²) in [5.74, 6) is 0.366. The van der Waals surface area contributed by atoms with Crippen LogP contribution in [-0.4, -0.2) is 34.3 Å². The number of fused-ring (bicyclic) bond motifs is 1. The molecule has 1 saturated heterocycles. The Labute approximate surface area is 113 Å². The Morgan fingerprint density at radius 1 is 1.05 bits per heavy atom. The molecule has 2 aromatic carbocycles. The molecule has 0 aromatic heterocycles. The normalized spacial score (nSPS) is 17.9. The number of aromatic hydroxyl groups is 1. The van der Waals surface area contributed by atoms with Gasteiger partial charge in [-0.3, -0.25) is 4.90 Å². The molecule has 0 bridgehead atoms. The average molecular weight is 257 g/mol. The van der Waals surface area contributed by atoms with E-state index in [9.17, 15) is 10.2 Å². The molecule has 3 nitrogen and oxygen atoms in total. The van der Waals surface area contributed by atoms with Crippen LogP contribution in [0.25, 0.3) is 10.8 Å². The van der Waals surface area contributed by atoms with Gasteiger partial charge in [0.1, 0.15) is 5.75 Å². The van der Waals surface area contributed by atoms with Gasteiger partial charge >= 0.3 is 0 Å². The number of aliphatic hydroxyl groups excluding tert-OH is 1. The van der Waals surface area contributed by atoms with Gasteiger partial charge in [-0.05, 0) is 29.7 Å². The van der Waals surface area contributed by atoms with Crippen molar-refractivity contribution < 1.29 is 10.2 Å². The average Bonchev–Trinajstić information content (AvgIpc) is 2.44. The van der Waals surface area contributed by atoms with E-state index >= 15 is 0 Å². The molecule has 0 aliphatic carbocycles. The Hall–Kier alpha value is -1.58. The first-order valence-electron chi connectivity index (χ1n) is 6.84. The van der Waals surface area contributed by atoms with Crippen LogP contribution >= 0.6 is 0 Å². The second-order valence-electron chi connectivity index (χ2n) is 5.29. The molecule has 1 aliphatic rings. The van der Waals surface area contributed by atoms with E-state index in [1.807, 2.05) is 18.2 Å². The topological polar surface area (TPSA) is 43.7 Å². The second kappa shape index (κ2) is 5.19. The van der Waals surface area contributed by atoms with Crippen molar-refractivity contribution in [2.45, 2.75) is 25.5 Å². The summed E-state index contributed by atoms with van der Waals surface area (Å²) in [7, 11) is 0. The summed E-state index contributed by atoms with van der Waals surface area (Å²) in [5.41, 5.74) is 0.995. The molecular formula is C16H19NO2. The molecule has 1 aliphatic heterocycles. The minimum absolute atomic E-state index is 0.155. The Kier molecular flexibility index (Phi) is 3.40. The van der Waals surface area contributed by atoms with Crippen molar-refractivity contribution in [1.82, 2.24) is 4.90 Å². The lowest BCUT2D eigenvalue weighted by Crippen LogP contribution is -2.35. The minimum Gasteiger partial charge on any atom is -0.508 e. The molecule has 2 aromatic rings. The molecule has 0 radical (unpaired) electrons. The Bertz CT molecular complexity index is 574. The molecule has 0 saturated carbocycles. The van der Waals surface area contributed by atoms with Crippen molar-refractivity contribution >= 4 is 10.8 Å². The highest BCUT2D eigenvalue weighted by Gasteiger charge is 2.18. The number of piperidine rings is 1. The quantitative estimate of drug-likeness (QED) is 0.868.